The first-order valence-corrected chi connectivity index (χ1v) is 4.66. The number of nitro groups is 1. The highest BCUT2D eigenvalue weighted by Crippen LogP contribution is 2.18. The minimum absolute atomic E-state index is 0.0676. The summed E-state index contributed by atoms with van der Waals surface area (Å²) in [6, 6.07) is 4.87. The van der Waals surface area contributed by atoms with Crippen LogP contribution in [0.3, 0.4) is 0 Å². The van der Waals surface area contributed by atoms with E-state index in [-0.39, 0.29) is 5.69 Å². The first-order chi connectivity index (χ1) is 7.58. The summed E-state index contributed by atoms with van der Waals surface area (Å²) in [6.07, 6.45) is 0. The summed E-state index contributed by atoms with van der Waals surface area (Å²) in [5.74, 6) is 0.617. The Labute approximate surface area is 91.8 Å². The molecule has 0 fully saturated rings. The summed E-state index contributed by atoms with van der Waals surface area (Å²) in [4.78, 5) is 10.3. The van der Waals surface area contributed by atoms with E-state index in [1.54, 1.807) is 12.1 Å². The van der Waals surface area contributed by atoms with Crippen molar-refractivity contribution in [2.24, 2.45) is 5.10 Å². The van der Waals surface area contributed by atoms with Gasteiger partial charge in [0.2, 0.25) is 0 Å². The maximum atomic E-state index is 10.7. The second kappa shape index (κ2) is 3.78. The lowest BCUT2D eigenvalue weighted by molar-refractivity contribution is -0.384. The Morgan fingerprint density at radius 1 is 1.44 bits per heavy atom. The number of nitrogens with zero attached hydrogens (tertiary/aromatic N) is 3. The largest absolute Gasteiger partial charge is 0.274 e. The van der Waals surface area contributed by atoms with Crippen LogP contribution in [0.5, 0.6) is 0 Å². The predicted octanol–water partition coefficient (Wildman–Crippen LogP) is 0.519. The fraction of sp³-hybridized carbons (Fsp3) is 0.222. The average molecular weight is 221 g/mol. The van der Waals surface area contributed by atoms with Crippen LogP contribution in [-0.4, -0.2) is 22.8 Å². The van der Waals surface area contributed by atoms with Gasteiger partial charge < -0.3 is 0 Å². The van der Waals surface area contributed by atoms with Crippen molar-refractivity contribution in [3.63, 3.8) is 0 Å². The lowest BCUT2D eigenvalue weighted by Crippen LogP contribution is -2.37. The Kier molecular flexibility index (Phi) is 2.45. The third kappa shape index (κ3) is 1.80. The molecule has 2 rings (SSSR count). The molecule has 84 valence electrons. The number of amidine groups is 1. The molecule has 1 aliphatic rings. The molecule has 7 heteroatoms. The van der Waals surface area contributed by atoms with E-state index in [1.807, 2.05) is 13.0 Å². The van der Waals surface area contributed by atoms with E-state index in [2.05, 4.69) is 16.2 Å². The van der Waals surface area contributed by atoms with E-state index < -0.39 is 4.92 Å². The zero-order valence-electron chi connectivity index (χ0n) is 8.89. The van der Waals surface area contributed by atoms with Gasteiger partial charge in [-0.2, -0.15) is 0 Å². The Balaban J connectivity index is 2.45. The first kappa shape index (κ1) is 10.4. The lowest BCUT2D eigenvalue weighted by Gasteiger charge is -2.12. The van der Waals surface area contributed by atoms with Crippen LogP contribution in [-0.2, 0) is 0 Å². The van der Waals surface area contributed by atoms with Gasteiger partial charge in [0.15, 0.2) is 5.84 Å². The maximum absolute atomic E-state index is 10.7. The molecule has 0 amide bonds. The van der Waals surface area contributed by atoms with Crippen LogP contribution in [0.15, 0.2) is 23.3 Å². The third-order valence-corrected chi connectivity index (χ3v) is 2.23. The third-order valence-electron chi connectivity index (χ3n) is 2.23. The van der Waals surface area contributed by atoms with Crippen LogP contribution in [0.1, 0.15) is 11.1 Å². The number of hydrogen-bond donors (Lipinski definition) is 2. The molecule has 0 unspecified atom stereocenters. The number of nitrogens with one attached hydrogen (secondary N) is 2. The minimum atomic E-state index is -0.410. The molecule has 1 aliphatic heterocycles. The number of hydrazine groups is 2. The predicted molar refractivity (Wildman–Crippen MR) is 58.4 cm³/mol. The van der Waals surface area contributed by atoms with Crippen LogP contribution in [0, 0.1) is 17.0 Å². The van der Waals surface area contributed by atoms with Crippen LogP contribution in [0.4, 0.5) is 5.69 Å². The van der Waals surface area contributed by atoms with Gasteiger partial charge in [0.25, 0.3) is 5.69 Å². The summed E-state index contributed by atoms with van der Waals surface area (Å²) in [5, 5.41) is 16.4. The van der Waals surface area contributed by atoms with Gasteiger partial charge >= 0.3 is 0 Å². The van der Waals surface area contributed by atoms with E-state index >= 15 is 0 Å². The summed E-state index contributed by atoms with van der Waals surface area (Å²) in [5.41, 5.74) is 6.92. The van der Waals surface area contributed by atoms with Gasteiger partial charge in [0.05, 0.1) is 4.92 Å². The lowest BCUT2D eigenvalue weighted by atomic mass is 10.1. The van der Waals surface area contributed by atoms with Crippen molar-refractivity contribution in [1.29, 1.82) is 0 Å². The van der Waals surface area contributed by atoms with Gasteiger partial charge in [-0.3, -0.25) is 15.1 Å². The summed E-state index contributed by atoms with van der Waals surface area (Å²) >= 11 is 0. The van der Waals surface area contributed by atoms with Crippen LogP contribution < -0.4 is 11.1 Å². The van der Waals surface area contributed by atoms with Crippen molar-refractivity contribution in [1.82, 2.24) is 16.1 Å². The molecule has 0 atom stereocenters. The number of benzene rings is 1. The molecule has 0 bridgehead atoms. The van der Waals surface area contributed by atoms with E-state index in [1.165, 1.54) is 12.1 Å². The van der Waals surface area contributed by atoms with Gasteiger partial charge in [0.1, 0.15) is 0 Å². The van der Waals surface area contributed by atoms with E-state index in [0.29, 0.717) is 11.4 Å². The van der Waals surface area contributed by atoms with Gasteiger partial charge in [-0.1, -0.05) is 0 Å². The van der Waals surface area contributed by atoms with Crippen LogP contribution in [0.25, 0.3) is 0 Å². The number of hydrazone groups is 1. The summed E-state index contributed by atoms with van der Waals surface area (Å²) in [7, 11) is 1.77. The van der Waals surface area contributed by atoms with Gasteiger partial charge in [0, 0.05) is 24.7 Å². The van der Waals surface area contributed by atoms with Crippen LogP contribution in [0.2, 0.25) is 0 Å². The number of hydrogen-bond acceptors (Lipinski definition) is 6. The van der Waals surface area contributed by atoms with Crippen molar-refractivity contribution in [2.75, 3.05) is 7.05 Å². The average Bonchev–Trinajstić information content (AvgIpc) is 2.63. The van der Waals surface area contributed by atoms with Gasteiger partial charge in [-0.05, 0) is 18.6 Å². The van der Waals surface area contributed by atoms with Crippen LogP contribution >= 0.6 is 0 Å². The molecule has 0 aromatic heterocycles. The normalized spacial score (nSPS) is 14.6. The molecule has 7 nitrogen and oxygen atoms in total. The SMILES string of the molecule is Cc1cc(C2=NNNN2C)cc([N+](=O)[O-])c1. The fourth-order valence-corrected chi connectivity index (χ4v) is 1.54. The van der Waals surface area contributed by atoms with Crippen molar-refractivity contribution < 1.29 is 4.92 Å². The van der Waals surface area contributed by atoms with E-state index in [9.17, 15) is 10.1 Å². The van der Waals surface area contributed by atoms with Crippen molar-refractivity contribution >= 4 is 11.5 Å². The Morgan fingerprint density at radius 3 is 2.75 bits per heavy atom. The smallest absolute Gasteiger partial charge is 0.270 e. The molecular weight excluding hydrogens is 210 g/mol. The number of aryl methyl sites for hydroxylation is 1. The maximum Gasteiger partial charge on any atom is 0.270 e. The van der Waals surface area contributed by atoms with Crippen molar-refractivity contribution in [2.45, 2.75) is 6.92 Å². The summed E-state index contributed by atoms with van der Waals surface area (Å²) in [6.45, 7) is 1.81. The van der Waals surface area contributed by atoms with Gasteiger partial charge in [-0.25, -0.2) is 5.53 Å². The molecule has 1 aromatic carbocycles. The van der Waals surface area contributed by atoms with Crippen molar-refractivity contribution in [3.05, 3.63) is 39.4 Å². The monoisotopic (exact) mass is 221 g/mol. The number of nitro benzene ring substituents is 1. The molecule has 1 heterocycles. The zero-order valence-corrected chi connectivity index (χ0v) is 8.89. The van der Waals surface area contributed by atoms with E-state index in [0.717, 1.165) is 5.56 Å². The molecule has 0 saturated heterocycles. The molecular formula is C9H11N5O2. The molecule has 0 saturated carbocycles. The van der Waals surface area contributed by atoms with Gasteiger partial charge in [-0.15, -0.1) is 10.6 Å². The second-order valence-electron chi connectivity index (χ2n) is 3.53. The molecule has 16 heavy (non-hydrogen) atoms. The molecule has 2 N–H and O–H groups in total. The second-order valence-corrected chi connectivity index (χ2v) is 3.53. The molecule has 1 aromatic rings. The Bertz CT molecular complexity index is 471. The quantitative estimate of drug-likeness (QED) is 0.562. The highest BCUT2D eigenvalue weighted by molar-refractivity contribution is 5.99. The number of rotatable bonds is 2. The zero-order chi connectivity index (χ0) is 11.7. The Hall–Kier alpha value is -2.15. The minimum Gasteiger partial charge on any atom is -0.274 e. The first-order valence-electron chi connectivity index (χ1n) is 4.66. The standard InChI is InChI=1S/C9H11N5O2/c1-6-3-7(5-8(4-6)14(15)16)9-10-11-12-13(9)2/h3-5,11-12H,1-2H3. The van der Waals surface area contributed by atoms with Crippen molar-refractivity contribution in [3.8, 4) is 0 Å². The van der Waals surface area contributed by atoms with E-state index in [4.69, 9.17) is 0 Å². The summed E-state index contributed by atoms with van der Waals surface area (Å²) < 4.78 is 0. The number of non-ortho nitro benzene ring substituents is 1. The highest BCUT2D eigenvalue weighted by Gasteiger charge is 2.17. The highest BCUT2D eigenvalue weighted by atomic mass is 16.6. The Morgan fingerprint density at radius 2 is 2.19 bits per heavy atom. The molecule has 0 radical (unpaired) electrons. The topological polar surface area (TPSA) is 82.8 Å². The fourth-order valence-electron chi connectivity index (χ4n) is 1.54. The molecule has 0 spiro atoms. The molecule has 0 aliphatic carbocycles.